The van der Waals surface area contributed by atoms with Crippen LogP contribution in [0, 0.1) is 0 Å². The Balaban J connectivity index is -0.000000407. The first-order valence-electron chi connectivity index (χ1n) is 17.2. The summed E-state index contributed by atoms with van der Waals surface area (Å²) in [6, 6.07) is 11.5. The molecule has 0 amide bonds. The number of allylic oxidation sites excluding steroid dienone is 8. The minimum Gasteiger partial charge on any atom is -0.869 e. The number of halogens is 24. The van der Waals surface area contributed by atoms with E-state index in [2.05, 4.69) is 29.9 Å². The fraction of sp³-hybridized carbons (Fsp3) is 0.222. The van der Waals surface area contributed by atoms with Crippen LogP contribution in [0.3, 0.4) is 0 Å². The summed E-state index contributed by atoms with van der Waals surface area (Å²) in [7, 11) is 0. The number of hydrogen-bond donors (Lipinski definition) is 2. The van der Waals surface area contributed by atoms with E-state index in [1.807, 2.05) is 36.4 Å². The maximum Gasteiger partial charge on any atom is 2.00 e. The molecule has 0 radical (unpaired) electrons. The third kappa shape index (κ3) is 32.4. The van der Waals surface area contributed by atoms with Crippen LogP contribution in [0.4, 0.5) is 105 Å². The van der Waals surface area contributed by atoms with Gasteiger partial charge in [0.2, 0.25) is 0 Å². The van der Waals surface area contributed by atoms with Crippen molar-refractivity contribution in [3.05, 3.63) is 121 Å². The summed E-state index contributed by atoms with van der Waals surface area (Å²) in [5.74, 6) is -21.0. The molecule has 0 saturated heterocycles. The largest absolute Gasteiger partial charge is 2.00 e. The monoisotopic (exact) mass is 1320 g/mol. The number of carbonyl (C=O) groups is 4. The van der Waals surface area contributed by atoms with Gasteiger partial charge >= 0.3 is 88.4 Å². The Kier molecular flexibility index (Phi) is 31.1. The molecular formula is C36H18F24N6O8Ru2. The topological polar surface area (TPSA) is 244 Å². The predicted octanol–water partition coefficient (Wildman–Crippen LogP) is 6.64. The maximum atomic E-state index is 11.3. The Morgan fingerprint density at radius 3 is 0.684 bits per heavy atom. The first-order valence-corrected chi connectivity index (χ1v) is 17.2. The molecule has 0 unspecified atom stereocenters. The molecule has 14 nitrogen and oxygen atoms in total. The molecule has 0 aliphatic carbocycles. The molecule has 4 aromatic heterocycles. The van der Waals surface area contributed by atoms with Gasteiger partial charge in [-0.3, -0.25) is 29.1 Å². The Morgan fingerprint density at radius 2 is 0.553 bits per heavy atom. The molecule has 2 N–H and O–H groups in total. The number of imidazole rings is 2. The second-order valence-corrected chi connectivity index (χ2v) is 11.8. The Hall–Kier alpha value is -6.87. The fourth-order valence-corrected chi connectivity index (χ4v) is 2.95. The number of carbonyl (C=O) groups excluding carboxylic acids is 4. The molecule has 0 saturated carbocycles. The summed E-state index contributed by atoms with van der Waals surface area (Å²) < 4.78 is 271. The smallest absolute Gasteiger partial charge is 0.869 e. The molecule has 0 aliphatic heterocycles. The van der Waals surface area contributed by atoms with E-state index >= 15 is 0 Å². The number of pyridine rings is 2. The molecular weight excluding hydrogens is 1300 g/mol. The molecule has 0 spiro atoms. The van der Waals surface area contributed by atoms with Gasteiger partial charge in [0.25, 0.3) is 23.1 Å². The fourth-order valence-electron chi connectivity index (χ4n) is 2.95. The van der Waals surface area contributed by atoms with Crippen LogP contribution in [0.2, 0.25) is 0 Å². The molecule has 4 heterocycles. The maximum absolute atomic E-state index is 11.3. The molecule has 4 aromatic rings. The van der Waals surface area contributed by atoms with Gasteiger partial charge < -0.3 is 30.4 Å². The molecule has 424 valence electrons. The van der Waals surface area contributed by atoms with E-state index < -0.39 is 120 Å². The molecule has 76 heavy (non-hydrogen) atoms. The van der Waals surface area contributed by atoms with Gasteiger partial charge in [-0.15, -0.1) is 0 Å². The quantitative estimate of drug-likeness (QED) is 0.0894. The van der Waals surface area contributed by atoms with Gasteiger partial charge in [-0.05, 0) is 71.6 Å². The van der Waals surface area contributed by atoms with Crippen LogP contribution < -0.4 is 20.4 Å². The summed E-state index contributed by atoms with van der Waals surface area (Å²) in [4.78, 5) is 61.6. The Labute approximate surface area is 429 Å². The van der Waals surface area contributed by atoms with Crippen LogP contribution in [-0.4, -0.2) is 102 Å². The number of H-pyrrole nitrogens is 2. The minimum atomic E-state index is -5.46. The minimum absolute atomic E-state index is 0. The van der Waals surface area contributed by atoms with Crippen molar-refractivity contribution >= 4 is 23.1 Å². The van der Waals surface area contributed by atoms with Crippen molar-refractivity contribution in [3.8, 4) is 23.0 Å². The van der Waals surface area contributed by atoms with Crippen molar-refractivity contribution < 1.29 is 184 Å². The van der Waals surface area contributed by atoms with E-state index in [1.54, 1.807) is 37.2 Å². The van der Waals surface area contributed by atoms with Gasteiger partial charge in [0.05, 0.1) is 0 Å². The molecule has 0 atom stereocenters. The first kappa shape index (κ1) is 75.6. The normalized spacial score (nSPS) is 12.7. The molecule has 0 fully saturated rings. The van der Waals surface area contributed by atoms with Crippen molar-refractivity contribution in [3.63, 3.8) is 0 Å². The van der Waals surface area contributed by atoms with Crippen molar-refractivity contribution in [2.24, 2.45) is 0 Å². The van der Waals surface area contributed by atoms with Gasteiger partial charge in [-0.1, -0.05) is 12.1 Å². The zero-order chi connectivity index (χ0) is 58.5. The summed E-state index contributed by atoms with van der Waals surface area (Å²) >= 11 is 0. The third-order valence-electron chi connectivity index (χ3n) is 6.10. The number of nitrogens with one attached hydrogen (secondary N) is 2. The molecule has 40 heteroatoms. The number of aromatic amines is 2. The van der Waals surface area contributed by atoms with Crippen LogP contribution in [0.15, 0.2) is 121 Å². The number of ketones is 4. The van der Waals surface area contributed by atoms with Crippen molar-refractivity contribution in [1.82, 2.24) is 29.9 Å². The van der Waals surface area contributed by atoms with Gasteiger partial charge in [0.1, 0.15) is 11.4 Å². The van der Waals surface area contributed by atoms with Crippen LogP contribution >= 0.6 is 0 Å². The zero-order valence-electron chi connectivity index (χ0n) is 35.1. The number of rotatable bonds is 6. The zero-order valence-corrected chi connectivity index (χ0v) is 38.5. The molecule has 4 rings (SSSR count). The molecule has 0 bridgehead atoms. The average molecular weight is 1320 g/mol. The standard InChI is InChI=1S/2C8H7N3.4C5H2F6O2.2Ru/c2*1-2-4-9-7(3-1)8-10-5-6-11-8;4*6-4(7,8)2(12)1-3(13)5(9,10)11;;/h2*1-6H,(H,10,11);4*1,12H;;/q;;;;;;2*+2/p-4/b;;4*2-1-;;. The van der Waals surface area contributed by atoms with E-state index in [-0.39, 0.29) is 39.0 Å². The molecule has 0 aromatic carbocycles. The number of alkyl halides is 24. The predicted molar refractivity (Wildman–Crippen MR) is 184 cm³/mol. The van der Waals surface area contributed by atoms with E-state index in [9.17, 15) is 145 Å². The van der Waals surface area contributed by atoms with Crippen molar-refractivity contribution in [2.75, 3.05) is 0 Å². The summed E-state index contributed by atoms with van der Waals surface area (Å²) in [6.45, 7) is 0. The Bertz CT molecular complexity index is 2220. The van der Waals surface area contributed by atoms with Gasteiger partial charge in [0.15, 0.2) is 11.6 Å². The Morgan fingerprint density at radius 1 is 0.342 bits per heavy atom. The average Bonchev–Trinajstić information content (AvgIpc) is 3.99. The van der Waals surface area contributed by atoms with Gasteiger partial charge in [-0.25, -0.2) is 9.97 Å². The summed E-state index contributed by atoms with van der Waals surface area (Å²) in [6.07, 6.45) is -37.3. The number of nitrogens with zero attached hydrogens (tertiary/aromatic N) is 4. The van der Waals surface area contributed by atoms with Crippen LogP contribution in [0.25, 0.3) is 23.0 Å². The van der Waals surface area contributed by atoms with Gasteiger partial charge in [0, 0.05) is 37.2 Å². The van der Waals surface area contributed by atoms with E-state index in [0.29, 0.717) is 0 Å². The van der Waals surface area contributed by atoms with Crippen LogP contribution in [-0.2, 0) is 58.1 Å². The summed E-state index contributed by atoms with van der Waals surface area (Å²) in [5, 5.41) is 39.3. The van der Waals surface area contributed by atoms with E-state index in [4.69, 9.17) is 0 Å². The van der Waals surface area contributed by atoms with Gasteiger partial charge in [-0.2, -0.15) is 105 Å². The van der Waals surface area contributed by atoms with Crippen molar-refractivity contribution in [1.29, 1.82) is 0 Å². The van der Waals surface area contributed by atoms with E-state index in [1.165, 1.54) is 0 Å². The second-order valence-electron chi connectivity index (χ2n) is 11.8. The van der Waals surface area contributed by atoms with Crippen LogP contribution in [0.1, 0.15) is 0 Å². The second kappa shape index (κ2) is 31.2. The molecule has 0 aliphatic rings. The first-order chi connectivity index (χ1) is 33.1. The third-order valence-corrected chi connectivity index (χ3v) is 6.10. The van der Waals surface area contributed by atoms with Crippen molar-refractivity contribution in [2.45, 2.75) is 49.4 Å². The van der Waals surface area contributed by atoms with Crippen LogP contribution in [0.5, 0.6) is 0 Å². The van der Waals surface area contributed by atoms with E-state index in [0.717, 1.165) is 23.0 Å². The number of aromatic nitrogens is 6. The summed E-state index contributed by atoms with van der Waals surface area (Å²) in [5.41, 5.74) is 1.75. The SMILES string of the molecule is O=C(/C=C(\[O-])C(F)(F)F)C(F)(F)F.O=C(/C=C(\[O-])C(F)(F)F)C(F)(F)F.O=C(/C=C(\[O-])C(F)(F)F)C(F)(F)F.O=C(/C=C(\[O-])C(F)(F)F)C(F)(F)F.[Ru+2].[Ru+2].c1ccc(-c2ncc[nH]2)nc1.c1ccc(-c2ncc[nH]2)nc1. The number of hydrogen-bond acceptors (Lipinski definition) is 12.